The third-order valence-corrected chi connectivity index (χ3v) is 3.53. The lowest BCUT2D eigenvalue weighted by molar-refractivity contribution is 0.512. The van der Waals surface area contributed by atoms with E-state index in [-0.39, 0.29) is 0 Å². The fourth-order valence-electron chi connectivity index (χ4n) is 1.34. The van der Waals surface area contributed by atoms with E-state index in [0.29, 0.717) is 12.1 Å². The van der Waals surface area contributed by atoms with Crippen LogP contribution in [0.1, 0.15) is 25.5 Å². The average molecular weight is 215 g/mol. The van der Waals surface area contributed by atoms with Crippen LogP contribution in [0, 0.1) is 0 Å². The Morgan fingerprint density at radius 2 is 2.31 bits per heavy atom. The van der Waals surface area contributed by atoms with Gasteiger partial charge in [-0.3, -0.25) is 0 Å². The number of hydrogen-bond donors (Lipinski definition) is 1. The molecule has 0 spiro atoms. The summed E-state index contributed by atoms with van der Waals surface area (Å²) in [5, 5.41) is 7.91. The summed E-state index contributed by atoms with van der Waals surface area (Å²) in [5.74, 6) is 1.18. The van der Waals surface area contributed by atoms with E-state index in [4.69, 9.17) is 0 Å². The summed E-state index contributed by atoms with van der Waals surface area (Å²) < 4.78 is 0. The summed E-state index contributed by atoms with van der Waals surface area (Å²) >= 11 is 3.65. The molecule has 1 nitrogen and oxygen atoms in total. The molecular weight excluding hydrogens is 198 g/mol. The Morgan fingerprint density at radius 1 is 1.54 bits per heavy atom. The quantitative estimate of drug-likeness (QED) is 0.810. The standard InChI is InChI=1S/C10H17NS2/c1-8(6-12-3)11-9(2)10-4-5-13-7-10/h4-5,7-9,11H,6H2,1-3H3/t8-,9+/m0/s1. The summed E-state index contributed by atoms with van der Waals surface area (Å²) in [6, 6.07) is 3.26. The number of thiophene rings is 1. The van der Waals surface area contributed by atoms with Crippen molar-refractivity contribution in [2.24, 2.45) is 0 Å². The van der Waals surface area contributed by atoms with Crippen molar-refractivity contribution < 1.29 is 0 Å². The second kappa shape index (κ2) is 5.68. The fourth-order valence-corrected chi connectivity index (χ4v) is 2.69. The van der Waals surface area contributed by atoms with Crippen molar-refractivity contribution in [2.45, 2.75) is 25.9 Å². The molecule has 0 radical (unpaired) electrons. The van der Waals surface area contributed by atoms with Gasteiger partial charge in [0.2, 0.25) is 0 Å². The molecule has 0 aliphatic heterocycles. The van der Waals surface area contributed by atoms with Gasteiger partial charge in [-0.15, -0.1) is 0 Å². The lowest BCUT2D eigenvalue weighted by Gasteiger charge is -2.18. The molecule has 3 heteroatoms. The van der Waals surface area contributed by atoms with Gasteiger partial charge in [-0.1, -0.05) is 0 Å². The lowest BCUT2D eigenvalue weighted by atomic mass is 10.1. The SMILES string of the molecule is CSC[C@H](C)N[C@H](C)c1ccsc1. The van der Waals surface area contributed by atoms with E-state index in [1.54, 1.807) is 11.3 Å². The Balaban J connectivity index is 2.37. The van der Waals surface area contributed by atoms with Crippen LogP contribution in [-0.4, -0.2) is 18.1 Å². The lowest BCUT2D eigenvalue weighted by Crippen LogP contribution is -2.30. The minimum Gasteiger partial charge on any atom is -0.307 e. The molecule has 1 N–H and O–H groups in total. The topological polar surface area (TPSA) is 12.0 Å². The molecule has 0 aliphatic rings. The first-order valence-electron chi connectivity index (χ1n) is 4.51. The molecule has 74 valence electrons. The van der Waals surface area contributed by atoms with Crippen LogP contribution in [0.5, 0.6) is 0 Å². The maximum absolute atomic E-state index is 3.57. The monoisotopic (exact) mass is 215 g/mol. The third-order valence-electron chi connectivity index (χ3n) is 1.99. The molecule has 0 unspecified atom stereocenters. The Labute approximate surface area is 88.9 Å². The van der Waals surface area contributed by atoms with Crippen LogP contribution in [0.3, 0.4) is 0 Å². The van der Waals surface area contributed by atoms with E-state index in [2.05, 4.69) is 42.2 Å². The van der Waals surface area contributed by atoms with Crippen molar-refractivity contribution in [3.8, 4) is 0 Å². The Bertz CT molecular complexity index is 221. The van der Waals surface area contributed by atoms with Crippen molar-refractivity contribution in [3.05, 3.63) is 22.4 Å². The zero-order valence-electron chi connectivity index (χ0n) is 8.41. The molecule has 0 saturated heterocycles. The van der Waals surface area contributed by atoms with E-state index in [1.165, 1.54) is 11.3 Å². The van der Waals surface area contributed by atoms with Gasteiger partial charge in [-0.25, -0.2) is 0 Å². The Kier molecular flexibility index (Phi) is 4.84. The van der Waals surface area contributed by atoms with Crippen LogP contribution in [0.25, 0.3) is 0 Å². The van der Waals surface area contributed by atoms with Gasteiger partial charge >= 0.3 is 0 Å². The van der Waals surface area contributed by atoms with Crippen molar-refractivity contribution in [2.75, 3.05) is 12.0 Å². The average Bonchev–Trinajstić information content (AvgIpc) is 2.55. The second-order valence-corrected chi connectivity index (χ2v) is 4.99. The molecule has 2 atom stereocenters. The third kappa shape index (κ3) is 3.71. The highest BCUT2D eigenvalue weighted by atomic mass is 32.2. The maximum Gasteiger partial charge on any atom is 0.0302 e. The number of nitrogens with one attached hydrogen (secondary N) is 1. The molecular formula is C10H17NS2. The number of thioether (sulfide) groups is 1. The summed E-state index contributed by atoms with van der Waals surface area (Å²) in [6.45, 7) is 4.46. The fraction of sp³-hybridized carbons (Fsp3) is 0.600. The molecule has 0 aromatic carbocycles. The van der Waals surface area contributed by atoms with Gasteiger partial charge in [0.25, 0.3) is 0 Å². The van der Waals surface area contributed by atoms with Crippen LogP contribution >= 0.6 is 23.1 Å². The molecule has 0 bridgehead atoms. The highest BCUT2D eigenvalue weighted by molar-refractivity contribution is 7.98. The first kappa shape index (κ1) is 11.1. The predicted molar refractivity (Wildman–Crippen MR) is 63.7 cm³/mol. The normalized spacial score (nSPS) is 15.6. The number of hydrogen-bond acceptors (Lipinski definition) is 3. The first-order chi connectivity index (χ1) is 6.24. The van der Waals surface area contributed by atoms with Crippen LogP contribution in [-0.2, 0) is 0 Å². The molecule has 1 rings (SSSR count). The minimum absolute atomic E-state index is 0.480. The van der Waals surface area contributed by atoms with Crippen LogP contribution < -0.4 is 5.32 Å². The highest BCUT2D eigenvalue weighted by Gasteiger charge is 2.08. The zero-order valence-corrected chi connectivity index (χ0v) is 10.0. The van der Waals surface area contributed by atoms with Crippen LogP contribution in [0.4, 0.5) is 0 Å². The van der Waals surface area contributed by atoms with Crippen LogP contribution in [0.15, 0.2) is 16.8 Å². The molecule has 0 fully saturated rings. The Hall–Kier alpha value is 0.01000. The largest absolute Gasteiger partial charge is 0.307 e. The zero-order chi connectivity index (χ0) is 9.68. The van der Waals surface area contributed by atoms with Gasteiger partial charge in [0.05, 0.1) is 0 Å². The molecule has 1 aromatic heterocycles. The van der Waals surface area contributed by atoms with Gasteiger partial charge in [0.15, 0.2) is 0 Å². The molecule has 0 amide bonds. The van der Waals surface area contributed by atoms with Gasteiger partial charge in [-0.05, 0) is 42.5 Å². The van der Waals surface area contributed by atoms with Gasteiger partial charge in [0.1, 0.15) is 0 Å². The van der Waals surface area contributed by atoms with E-state index in [9.17, 15) is 0 Å². The van der Waals surface area contributed by atoms with Crippen molar-refractivity contribution in [1.82, 2.24) is 5.32 Å². The van der Waals surface area contributed by atoms with E-state index < -0.39 is 0 Å². The maximum atomic E-state index is 3.57. The van der Waals surface area contributed by atoms with E-state index in [1.807, 2.05) is 11.8 Å². The van der Waals surface area contributed by atoms with Crippen molar-refractivity contribution >= 4 is 23.1 Å². The van der Waals surface area contributed by atoms with Gasteiger partial charge in [-0.2, -0.15) is 23.1 Å². The Morgan fingerprint density at radius 3 is 2.85 bits per heavy atom. The smallest absolute Gasteiger partial charge is 0.0302 e. The van der Waals surface area contributed by atoms with E-state index >= 15 is 0 Å². The van der Waals surface area contributed by atoms with Gasteiger partial charge in [0, 0.05) is 17.8 Å². The summed E-state index contributed by atoms with van der Waals surface area (Å²) in [7, 11) is 0. The predicted octanol–water partition coefficient (Wildman–Crippen LogP) is 3.15. The van der Waals surface area contributed by atoms with E-state index in [0.717, 1.165) is 0 Å². The molecule has 13 heavy (non-hydrogen) atoms. The van der Waals surface area contributed by atoms with Gasteiger partial charge < -0.3 is 5.32 Å². The molecule has 1 heterocycles. The number of rotatable bonds is 5. The highest BCUT2D eigenvalue weighted by Crippen LogP contribution is 2.16. The first-order valence-corrected chi connectivity index (χ1v) is 6.84. The van der Waals surface area contributed by atoms with Crippen molar-refractivity contribution in [1.29, 1.82) is 0 Å². The minimum atomic E-state index is 0.480. The summed E-state index contributed by atoms with van der Waals surface area (Å²) in [6.07, 6.45) is 2.15. The molecule has 0 saturated carbocycles. The molecule has 0 aliphatic carbocycles. The molecule has 1 aromatic rings. The summed E-state index contributed by atoms with van der Waals surface area (Å²) in [5.41, 5.74) is 1.40. The van der Waals surface area contributed by atoms with Crippen molar-refractivity contribution in [3.63, 3.8) is 0 Å². The van der Waals surface area contributed by atoms with Crippen LogP contribution in [0.2, 0.25) is 0 Å². The second-order valence-electron chi connectivity index (χ2n) is 3.30. The summed E-state index contributed by atoms with van der Waals surface area (Å²) in [4.78, 5) is 0.